The van der Waals surface area contributed by atoms with Crippen molar-refractivity contribution >= 4 is 41.0 Å². The quantitative estimate of drug-likeness (QED) is 0.141. The summed E-state index contributed by atoms with van der Waals surface area (Å²) in [4.78, 5) is 61.3. The van der Waals surface area contributed by atoms with E-state index in [1.807, 2.05) is 19.1 Å². The molecule has 308 valence electrons. The van der Waals surface area contributed by atoms with E-state index >= 15 is 0 Å². The zero-order valence-electron chi connectivity index (χ0n) is 34.1. The number of likely N-dealkylation sites (N-methyl/N-ethyl adjacent to an activating group) is 1. The van der Waals surface area contributed by atoms with Crippen molar-refractivity contribution < 1.29 is 28.7 Å². The van der Waals surface area contributed by atoms with Gasteiger partial charge in [-0.05, 0) is 87.7 Å². The number of hydrogen-bond acceptors (Lipinski definition) is 10. The monoisotopic (exact) mass is 811 g/mol. The topological polar surface area (TPSA) is 157 Å². The summed E-state index contributed by atoms with van der Waals surface area (Å²) in [6.07, 6.45) is 5.04. The smallest absolute Gasteiger partial charge is 0.254 e. The summed E-state index contributed by atoms with van der Waals surface area (Å²) in [7, 11) is 0. The Kier molecular flexibility index (Phi) is 13.3. The van der Waals surface area contributed by atoms with Crippen LogP contribution in [0.4, 0.5) is 5.82 Å². The molecule has 1 unspecified atom stereocenters. The number of pyridine rings is 1. The van der Waals surface area contributed by atoms with Crippen LogP contribution >= 0.6 is 11.6 Å². The highest BCUT2D eigenvalue weighted by atomic mass is 35.5. The van der Waals surface area contributed by atoms with E-state index in [0.29, 0.717) is 52.8 Å². The van der Waals surface area contributed by atoms with Gasteiger partial charge in [-0.15, -0.1) is 0 Å². The van der Waals surface area contributed by atoms with E-state index in [1.54, 1.807) is 48.7 Å². The van der Waals surface area contributed by atoms with Gasteiger partial charge >= 0.3 is 0 Å². The molecule has 2 aromatic carbocycles. The summed E-state index contributed by atoms with van der Waals surface area (Å²) >= 11 is 6.24. The van der Waals surface area contributed by atoms with Crippen molar-refractivity contribution in [3.63, 3.8) is 0 Å². The largest absolute Gasteiger partial charge is 0.494 e. The first-order valence-electron chi connectivity index (χ1n) is 20.2. The summed E-state index contributed by atoms with van der Waals surface area (Å²) in [5.74, 6) is 1.01. The Hall–Kier alpha value is -5.19. The number of anilines is 1. The summed E-state index contributed by atoms with van der Waals surface area (Å²) in [6, 6.07) is 17.1. The third kappa shape index (κ3) is 9.40. The minimum Gasteiger partial charge on any atom is -0.494 e. The molecule has 2 N–H and O–H groups in total. The maximum absolute atomic E-state index is 13.4. The van der Waals surface area contributed by atoms with Crippen LogP contribution in [0.3, 0.4) is 0 Å². The molecule has 1 aromatic heterocycles. The molecule has 2 saturated heterocycles. The van der Waals surface area contributed by atoms with Crippen LogP contribution in [0.25, 0.3) is 0 Å². The molecule has 3 fully saturated rings. The summed E-state index contributed by atoms with van der Waals surface area (Å²) in [6.45, 7) is 15.7. The molecule has 13 nitrogen and oxygen atoms in total. The van der Waals surface area contributed by atoms with Crippen LogP contribution in [0.2, 0.25) is 5.02 Å². The zero-order valence-corrected chi connectivity index (χ0v) is 34.8. The normalized spacial score (nSPS) is 21.3. The minimum atomic E-state index is -0.646. The molecule has 14 heteroatoms. The van der Waals surface area contributed by atoms with E-state index in [9.17, 15) is 24.4 Å². The Balaban J connectivity index is 0.874. The lowest BCUT2D eigenvalue weighted by molar-refractivity contribution is -0.164. The second-order valence-electron chi connectivity index (χ2n) is 16.5. The van der Waals surface area contributed by atoms with Crippen molar-refractivity contribution in [2.45, 2.75) is 84.9 Å². The molecule has 1 saturated carbocycles. The molecule has 58 heavy (non-hydrogen) atoms. The molecule has 0 radical (unpaired) electrons. The average Bonchev–Trinajstić information content (AvgIpc) is 3.21. The van der Waals surface area contributed by atoms with Crippen LogP contribution in [0.1, 0.15) is 93.0 Å². The molecule has 0 spiro atoms. The van der Waals surface area contributed by atoms with Crippen molar-refractivity contribution in [1.29, 1.82) is 5.26 Å². The van der Waals surface area contributed by atoms with E-state index in [0.717, 1.165) is 57.8 Å². The van der Waals surface area contributed by atoms with Crippen molar-refractivity contribution in [2.75, 3.05) is 50.8 Å². The number of halogens is 1. The summed E-state index contributed by atoms with van der Waals surface area (Å²) in [5, 5.41) is 15.1. The molecule has 1 atom stereocenters. The van der Waals surface area contributed by atoms with Gasteiger partial charge < -0.3 is 24.6 Å². The third-order valence-corrected chi connectivity index (χ3v) is 12.1. The summed E-state index contributed by atoms with van der Waals surface area (Å²) in [5.41, 5.74) is 0.660. The number of nitrogens with one attached hydrogen (secondary N) is 2. The lowest BCUT2D eigenvalue weighted by Crippen LogP contribution is -2.74. The molecule has 4 amide bonds. The Morgan fingerprint density at radius 2 is 1.66 bits per heavy atom. The van der Waals surface area contributed by atoms with Crippen molar-refractivity contribution in [2.24, 2.45) is 10.8 Å². The molecule has 6 rings (SSSR count). The predicted molar refractivity (Wildman–Crippen MR) is 221 cm³/mol. The van der Waals surface area contributed by atoms with Crippen LogP contribution in [0.5, 0.6) is 11.5 Å². The number of piperidine rings is 1. The standard InChI is InChI=1S/C44H54ClN7O6/c1-6-52(35-17-19-37(53)48-39(35)55)40(56)29-10-14-32(15-11-29)57-25-9-7-8-20-50-21-23-51(24-22-50)36-18-13-31(28-47-36)38(54)49-41-43(2,3)42(44(41,4)5)58-33-16-12-30(27-46)34(45)26-33/h10-16,18,26,28,35,41-42H,6-9,17,19-25H2,1-5H3,(H,49,54)(H,48,53,55). The van der Waals surface area contributed by atoms with Crippen LogP contribution in [-0.2, 0) is 9.59 Å². The second kappa shape index (κ2) is 18.2. The van der Waals surface area contributed by atoms with Gasteiger partial charge in [0.25, 0.3) is 11.8 Å². The molecule has 3 heterocycles. The lowest BCUT2D eigenvalue weighted by Gasteiger charge is -2.63. The van der Waals surface area contributed by atoms with Gasteiger partial charge in [0.05, 0.1) is 22.8 Å². The number of carbonyl (C=O) groups is 4. The van der Waals surface area contributed by atoms with Gasteiger partial charge in [0, 0.05) is 73.8 Å². The Bertz CT molecular complexity index is 1990. The predicted octanol–water partition coefficient (Wildman–Crippen LogP) is 5.86. The van der Waals surface area contributed by atoms with Gasteiger partial charge in [0.1, 0.15) is 35.5 Å². The van der Waals surface area contributed by atoms with Gasteiger partial charge in [-0.1, -0.05) is 39.3 Å². The number of nitrogens with zero attached hydrogens (tertiary/aromatic N) is 5. The highest BCUT2D eigenvalue weighted by Gasteiger charge is 2.64. The number of nitriles is 1. The van der Waals surface area contributed by atoms with Gasteiger partial charge in [0.2, 0.25) is 11.8 Å². The van der Waals surface area contributed by atoms with E-state index in [1.165, 1.54) is 4.90 Å². The van der Waals surface area contributed by atoms with Gasteiger partial charge in [-0.2, -0.15) is 5.26 Å². The van der Waals surface area contributed by atoms with Crippen LogP contribution in [0.15, 0.2) is 60.8 Å². The number of rotatable bonds is 15. The number of benzene rings is 2. The number of unbranched alkanes of at least 4 members (excludes halogenated alkanes) is 2. The number of imide groups is 1. The second-order valence-corrected chi connectivity index (χ2v) is 16.9. The van der Waals surface area contributed by atoms with E-state index < -0.39 is 11.9 Å². The van der Waals surface area contributed by atoms with Crippen molar-refractivity contribution in [1.82, 2.24) is 25.4 Å². The van der Waals surface area contributed by atoms with Crippen LogP contribution < -0.4 is 25.0 Å². The maximum atomic E-state index is 13.4. The fourth-order valence-electron chi connectivity index (χ4n) is 8.87. The first-order valence-corrected chi connectivity index (χ1v) is 20.6. The van der Waals surface area contributed by atoms with Gasteiger partial charge in [-0.25, -0.2) is 4.98 Å². The zero-order chi connectivity index (χ0) is 41.6. The highest BCUT2D eigenvalue weighted by Crippen LogP contribution is 2.55. The van der Waals surface area contributed by atoms with Crippen molar-refractivity contribution in [3.05, 3.63) is 82.5 Å². The van der Waals surface area contributed by atoms with Gasteiger partial charge in [-0.3, -0.25) is 29.4 Å². The SMILES string of the molecule is CCN(C(=O)c1ccc(OCCCCCN2CCN(c3ccc(C(=O)NC4C(C)(C)C(Oc5ccc(C#N)c(Cl)c5)C4(C)C)cn3)CC2)cc1)C1CCC(=O)NC1=O. The first-order chi connectivity index (χ1) is 27.7. The molecular formula is C44H54ClN7O6. The molecule has 1 aliphatic carbocycles. The number of carbonyl (C=O) groups excluding carboxylic acids is 4. The van der Waals surface area contributed by atoms with E-state index in [-0.39, 0.29) is 47.1 Å². The van der Waals surface area contributed by atoms with Crippen LogP contribution in [0, 0.1) is 22.2 Å². The van der Waals surface area contributed by atoms with E-state index in [4.69, 9.17) is 21.1 Å². The Labute approximate surface area is 346 Å². The molecule has 0 bridgehead atoms. The average molecular weight is 812 g/mol. The molecule has 3 aliphatic rings. The van der Waals surface area contributed by atoms with Gasteiger partial charge in [0.15, 0.2) is 0 Å². The lowest BCUT2D eigenvalue weighted by atomic mass is 9.49. The number of aromatic nitrogens is 1. The fourth-order valence-corrected chi connectivity index (χ4v) is 9.08. The highest BCUT2D eigenvalue weighted by molar-refractivity contribution is 6.31. The van der Waals surface area contributed by atoms with E-state index in [2.05, 4.69) is 59.2 Å². The first kappa shape index (κ1) is 42.4. The summed E-state index contributed by atoms with van der Waals surface area (Å²) < 4.78 is 12.3. The Morgan fingerprint density at radius 3 is 2.28 bits per heavy atom. The maximum Gasteiger partial charge on any atom is 0.254 e. The number of ether oxygens (including phenoxy) is 2. The molecule has 3 aromatic rings. The molecular weight excluding hydrogens is 758 g/mol. The molecule has 2 aliphatic heterocycles. The number of hydrogen-bond donors (Lipinski definition) is 2. The minimum absolute atomic E-state index is 0.143. The Morgan fingerprint density at radius 1 is 0.966 bits per heavy atom. The third-order valence-electron chi connectivity index (χ3n) is 11.8. The van der Waals surface area contributed by atoms with Crippen molar-refractivity contribution in [3.8, 4) is 17.6 Å². The fraction of sp³-hybridized carbons (Fsp3) is 0.500. The number of piperazine rings is 1. The van der Waals surface area contributed by atoms with Crippen LogP contribution in [-0.4, -0.2) is 102 Å². The number of amides is 4.